The monoisotopic (exact) mass is 475 g/mol. The first-order chi connectivity index (χ1) is 14.9. The lowest BCUT2D eigenvalue weighted by Gasteiger charge is -2.27. The normalized spacial score (nSPS) is 24.8. The molecule has 2 atom stereocenters. The van der Waals surface area contributed by atoms with E-state index in [1.807, 2.05) is 6.07 Å². The molecular formula is C19H24F3N5O4S. The Labute approximate surface area is 183 Å². The maximum Gasteiger partial charge on any atom is 0.410 e. The van der Waals surface area contributed by atoms with Gasteiger partial charge in [-0.25, -0.2) is 17.9 Å². The number of amides is 1. The van der Waals surface area contributed by atoms with E-state index in [0.717, 1.165) is 17.5 Å². The van der Waals surface area contributed by atoms with E-state index in [-0.39, 0.29) is 30.5 Å². The van der Waals surface area contributed by atoms with Crippen LogP contribution in [0.5, 0.6) is 0 Å². The Balaban J connectivity index is 1.58. The van der Waals surface area contributed by atoms with Crippen molar-refractivity contribution in [3.63, 3.8) is 0 Å². The molecule has 176 valence electrons. The second kappa shape index (κ2) is 7.83. The predicted molar refractivity (Wildman–Crippen MR) is 106 cm³/mol. The molecule has 1 N–H and O–H groups in total. The summed E-state index contributed by atoms with van der Waals surface area (Å²) in [5.74, 6) is 0.159. The maximum atomic E-state index is 13.1. The summed E-state index contributed by atoms with van der Waals surface area (Å²) in [7, 11) is -3.53. The number of anilines is 1. The number of nitrogens with one attached hydrogen (secondary N) is 1. The van der Waals surface area contributed by atoms with Crippen molar-refractivity contribution in [2.75, 3.05) is 17.2 Å². The molecule has 4 rings (SSSR count). The molecule has 0 radical (unpaired) electrons. The number of halogens is 3. The molecule has 1 aromatic heterocycles. The average molecular weight is 475 g/mol. The van der Waals surface area contributed by atoms with Crippen molar-refractivity contribution in [2.45, 2.75) is 68.8 Å². The Morgan fingerprint density at radius 1 is 1.41 bits per heavy atom. The minimum atomic E-state index is -4.54. The van der Waals surface area contributed by atoms with E-state index < -0.39 is 45.7 Å². The number of carbonyl (C=O) groups is 1. The number of carbonyl (C=O) groups excluding carboxylic acids is 1. The van der Waals surface area contributed by atoms with Crippen LogP contribution in [-0.4, -0.2) is 59.8 Å². The first kappa shape index (κ1) is 22.7. The molecule has 32 heavy (non-hydrogen) atoms. The summed E-state index contributed by atoms with van der Waals surface area (Å²) in [6.45, 7) is 0.0577. The molecule has 1 aromatic rings. The standard InChI is InChI=1S/C19H24F3N5O4S/c1-12-6-15(27(25-12)11-19(20,21)22)26-8-14(32(29,30)9-13-2-3-13)7-16(26)31-17(28)24-18(10-23)4-5-18/h6,13-14,16H,2-5,7-9,11H2,1H3,(H,24,28)/t14-,16+/m1/s1. The minimum Gasteiger partial charge on any atom is -0.425 e. The highest BCUT2D eigenvalue weighted by Crippen LogP contribution is 2.37. The zero-order valence-corrected chi connectivity index (χ0v) is 18.2. The van der Waals surface area contributed by atoms with E-state index in [9.17, 15) is 26.4 Å². The molecule has 0 bridgehead atoms. The molecule has 1 aliphatic heterocycles. The first-order valence-electron chi connectivity index (χ1n) is 10.4. The van der Waals surface area contributed by atoms with Gasteiger partial charge in [-0.3, -0.25) is 0 Å². The number of hydrogen-bond donors (Lipinski definition) is 1. The molecule has 2 saturated carbocycles. The van der Waals surface area contributed by atoms with E-state index in [1.165, 1.54) is 17.9 Å². The van der Waals surface area contributed by atoms with Crippen LogP contribution in [0.4, 0.5) is 23.8 Å². The quantitative estimate of drug-likeness (QED) is 0.643. The number of sulfone groups is 1. The third-order valence-corrected chi connectivity index (χ3v) is 8.23. The largest absolute Gasteiger partial charge is 0.425 e. The van der Waals surface area contributed by atoms with Gasteiger partial charge in [-0.05, 0) is 38.5 Å². The van der Waals surface area contributed by atoms with Crippen molar-refractivity contribution in [1.29, 1.82) is 5.26 Å². The maximum absolute atomic E-state index is 13.1. The molecule has 1 amide bonds. The number of nitrogens with zero attached hydrogens (tertiary/aromatic N) is 4. The number of aromatic nitrogens is 2. The third-order valence-electron chi connectivity index (χ3n) is 5.94. The average Bonchev–Trinajstić information content (AvgIpc) is 3.55. The lowest BCUT2D eigenvalue weighted by Crippen LogP contribution is -2.42. The zero-order valence-electron chi connectivity index (χ0n) is 17.4. The Morgan fingerprint density at radius 3 is 2.66 bits per heavy atom. The van der Waals surface area contributed by atoms with E-state index in [0.29, 0.717) is 18.5 Å². The number of alkyl halides is 3. The smallest absolute Gasteiger partial charge is 0.410 e. The summed E-state index contributed by atoms with van der Waals surface area (Å²) in [5.41, 5.74) is -0.676. The van der Waals surface area contributed by atoms with Crippen molar-refractivity contribution in [1.82, 2.24) is 15.1 Å². The van der Waals surface area contributed by atoms with Crippen molar-refractivity contribution in [2.24, 2.45) is 5.92 Å². The molecule has 0 unspecified atom stereocenters. The van der Waals surface area contributed by atoms with Crippen LogP contribution in [0.3, 0.4) is 0 Å². The molecule has 9 nitrogen and oxygen atoms in total. The van der Waals surface area contributed by atoms with Crippen molar-refractivity contribution >= 4 is 21.7 Å². The molecule has 0 spiro atoms. The van der Waals surface area contributed by atoms with Gasteiger partial charge in [-0.15, -0.1) is 0 Å². The fourth-order valence-corrected chi connectivity index (χ4v) is 6.02. The topological polar surface area (TPSA) is 117 Å². The van der Waals surface area contributed by atoms with Crippen LogP contribution < -0.4 is 10.2 Å². The lowest BCUT2D eigenvalue weighted by atomic mass is 10.3. The van der Waals surface area contributed by atoms with Gasteiger partial charge in [0.1, 0.15) is 17.9 Å². The van der Waals surface area contributed by atoms with Gasteiger partial charge >= 0.3 is 12.3 Å². The van der Waals surface area contributed by atoms with Crippen molar-refractivity contribution in [3.05, 3.63) is 11.8 Å². The van der Waals surface area contributed by atoms with Gasteiger partial charge in [0.2, 0.25) is 0 Å². The number of ether oxygens (including phenoxy) is 1. The van der Waals surface area contributed by atoms with Crippen LogP contribution in [-0.2, 0) is 21.1 Å². The SMILES string of the molecule is Cc1cc(N2C[C@H](S(=O)(=O)CC3CC3)C[C@@H]2OC(=O)NC2(C#N)CC2)n(CC(F)(F)F)n1. The Hall–Kier alpha value is -2.49. The van der Waals surface area contributed by atoms with Gasteiger partial charge < -0.3 is 15.0 Å². The van der Waals surface area contributed by atoms with E-state index >= 15 is 0 Å². The highest BCUT2D eigenvalue weighted by molar-refractivity contribution is 7.92. The van der Waals surface area contributed by atoms with E-state index in [4.69, 9.17) is 10.00 Å². The van der Waals surface area contributed by atoms with Gasteiger partial charge in [-0.1, -0.05) is 0 Å². The Morgan fingerprint density at radius 2 is 2.09 bits per heavy atom. The van der Waals surface area contributed by atoms with Gasteiger partial charge in [0.05, 0.1) is 22.8 Å². The van der Waals surface area contributed by atoms with E-state index in [2.05, 4.69) is 10.4 Å². The van der Waals surface area contributed by atoms with Crippen LogP contribution in [0.15, 0.2) is 6.07 Å². The van der Waals surface area contributed by atoms with Crippen LogP contribution in [0, 0.1) is 24.2 Å². The van der Waals surface area contributed by atoms with Crippen LogP contribution in [0.1, 0.15) is 37.8 Å². The molecule has 2 heterocycles. The minimum absolute atomic E-state index is 0.0167. The fraction of sp³-hybridized carbons (Fsp3) is 0.737. The molecule has 13 heteroatoms. The Bertz CT molecular complexity index is 1040. The molecular weight excluding hydrogens is 451 g/mol. The highest BCUT2D eigenvalue weighted by atomic mass is 32.2. The second-order valence-corrected chi connectivity index (χ2v) is 11.2. The number of aryl methyl sites for hydroxylation is 1. The molecule has 3 aliphatic rings. The first-order valence-corrected chi connectivity index (χ1v) is 12.1. The van der Waals surface area contributed by atoms with E-state index in [1.54, 1.807) is 0 Å². The summed E-state index contributed by atoms with van der Waals surface area (Å²) >= 11 is 0. The summed E-state index contributed by atoms with van der Waals surface area (Å²) in [4.78, 5) is 13.7. The molecule has 1 saturated heterocycles. The van der Waals surface area contributed by atoms with Crippen molar-refractivity contribution in [3.8, 4) is 6.07 Å². The highest BCUT2D eigenvalue weighted by Gasteiger charge is 2.48. The van der Waals surface area contributed by atoms with Crippen LogP contribution >= 0.6 is 0 Å². The number of alkyl carbamates (subject to hydrolysis) is 1. The third kappa shape index (κ3) is 5.11. The van der Waals surface area contributed by atoms with Gasteiger partial charge in [0.25, 0.3) is 0 Å². The number of nitriles is 1. The lowest BCUT2D eigenvalue weighted by molar-refractivity contribution is -0.142. The summed E-state index contributed by atoms with van der Waals surface area (Å²) in [6, 6.07) is 3.40. The van der Waals surface area contributed by atoms with Crippen molar-refractivity contribution < 1.29 is 31.1 Å². The zero-order chi connectivity index (χ0) is 23.3. The predicted octanol–water partition coefficient (Wildman–Crippen LogP) is 2.27. The van der Waals surface area contributed by atoms with Crippen LogP contribution in [0.2, 0.25) is 0 Å². The van der Waals surface area contributed by atoms with Gasteiger partial charge in [0, 0.05) is 19.0 Å². The second-order valence-electron chi connectivity index (χ2n) is 8.88. The van der Waals surface area contributed by atoms with Gasteiger partial charge in [-0.2, -0.15) is 23.5 Å². The molecule has 3 fully saturated rings. The summed E-state index contributed by atoms with van der Waals surface area (Å²) < 4.78 is 71.1. The summed E-state index contributed by atoms with van der Waals surface area (Å²) in [5, 5.41) is 14.6. The van der Waals surface area contributed by atoms with Gasteiger partial charge in [0.15, 0.2) is 16.1 Å². The fourth-order valence-electron chi connectivity index (χ4n) is 3.91. The van der Waals surface area contributed by atoms with Crippen LogP contribution in [0.25, 0.3) is 0 Å². The summed E-state index contributed by atoms with van der Waals surface area (Å²) in [6.07, 6.45) is -3.99. The Kier molecular flexibility index (Phi) is 5.55. The number of rotatable bonds is 7. The molecule has 0 aromatic carbocycles. The molecule has 2 aliphatic carbocycles. The number of hydrogen-bond acceptors (Lipinski definition) is 7.